The fraction of sp³-hybridized carbons (Fsp3) is 0.667. The zero-order chi connectivity index (χ0) is 20.9. The van der Waals surface area contributed by atoms with E-state index in [1.807, 2.05) is 24.0 Å². The highest BCUT2D eigenvalue weighted by Gasteiger charge is 2.33. The molecule has 0 spiro atoms. The second-order valence-electron chi connectivity index (χ2n) is 7.75. The molecule has 0 bridgehead atoms. The van der Waals surface area contributed by atoms with Crippen LogP contribution in [0, 0.1) is 5.92 Å². The number of ether oxygens (including phenoxy) is 1. The molecule has 162 valence electrons. The topological polar surface area (TPSA) is 70.2 Å². The van der Waals surface area contributed by atoms with Crippen molar-refractivity contribution in [1.82, 2.24) is 14.1 Å². The molecule has 0 saturated carbocycles. The van der Waals surface area contributed by atoms with Crippen LogP contribution >= 0.6 is 0 Å². The molecule has 7 nitrogen and oxygen atoms in total. The van der Waals surface area contributed by atoms with Crippen molar-refractivity contribution in [2.24, 2.45) is 5.92 Å². The second-order valence-corrected chi connectivity index (χ2v) is 10.0. The molecule has 0 radical (unpaired) electrons. The van der Waals surface area contributed by atoms with Crippen molar-refractivity contribution in [3.05, 3.63) is 29.8 Å². The molecule has 2 fully saturated rings. The molecule has 0 aliphatic carbocycles. The fourth-order valence-corrected chi connectivity index (χ4v) is 5.20. The SMILES string of the molecule is CCOc1ccc(CN2CCN(C(=O)C3CCN(S(=O)(=O)CC)CC3)CC2)cc1. The average molecular weight is 424 g/mol. The van der Waals surface area contributed by atoms with Crippen molar-refractivity contribution in [3.8, 4) is 5.75 Å². The molecule has 2 aliphatic heterocycles. The number of carbonyl (C=O) groups excluding carboxylic acids is 1. The second kappa shape index (κ2) is 9.91. The van der Waals surface area contributed by atoms with Gasteiger partial charge in [0, 0.05) is 51.7 Å². The van der Waals surface area contributed by atoms with E-state index in [9.17, 15) is 13.2 Å². The molecule has 0 atom stereocenters. The number of amides is 1. The smallest absolute Gasteiger partial charge is 0.225 e. The van der Waals surface area contributed by atoms with Gasteiger partial charge >= 0.3 is 0 Å². The zero-order valence-electron chi connectivity index (χ0n) is 17.5. The summed E-state index contributed by atoms with van der Waals surface area (Å²) in [6.07, 6.45) is 1.26. The molecule has 8 heteroatoms. The lowest BCUT2D eigenvalue weighted by molar-refractivity contribution is -0.138. The third kappa shape index (κ3) is 5.71. The van der Waals surface area contributed by atoms with Crippen LogP contribution in [-0.4, -0.2) is 80.1 Å². The first-order chi connectivity index (χ1) is 13.9. The first kappa shape index (κ1) is 22.1. The average Bonchev–Trinajstić information content (AvgIpc) is 2.75. The Hall–Kier alpha value is -1.64. The summed E-state index contributed by atoms with van der Waals surface area (Å²) in [5.41, 5.74) is 1.25. The number of rotatable bonds is 7. The number of hydrogen-bond acceptors (Lipinski definition) is 5. The summed E-state index contributed by atoms with van der Waals surface area (Å²) in [5, 5.41) is 0. The van der Waals surface area contributed by atoms with Gasteiger partial charge in [0.15, 0.2) is 0 Å². The van der Waals surface area contributed by atoms with Gasteiger partial charge in [0.1, 0.15) is 5.75 Å². The molecule has 0 unspecified atom stereocenters. The first-order valence-electron chi connectivity index (χ1n) is 10.6. The van der Waals surface area contributed by atoms with Gasteiger partial charge < -0.3 is 9.64 Å². The van der Waals surface area contributed by atoms with E-state index >= 15 is 0 Å². The molecule has 1 aromatic rings. The Morgan fingerprint density at radius 3 is 2.17 bits per heavy atom. The van der Waals surface area contributed by atoms with Gasteiger partial charge in [0.05, 0.1) is 12.4 Å². The van der Waals surface area contributed by atoms with E-state index in [0.717, 1.165) is 38.5 Å². The summed E-state index contributed by atoms with van der Waals surface area (Å²) in [7, 11) is -3.14. The van der Waals surface area contributed by atoms with Gasteiger partial charge in [-0.1, -0.05) is 12.1 Å². The molecule has 29 heavy (non-hydrogen) atoms. The van der Waals surface area contributed by atoms with Crippen molar-refractivity contribution in [2.75, 3.05) is 51.6 Å². The molecule has 1 aromatic carbocycles. The maximum atomic E-state index is 12.9. The maximum absolute atomic E-state index is 12.9. The lowest BCUT2D eigenvalue weighted by atomic mass is 9.96. The van der Waals surface area contributed by atoms with Crippen LogP contribution in [0.1, 0.15) is 32.3 Å². The van der Waals surface area contributed by atoms with E-state index in [1.54, 1.807) is 6.92 Å². The Bertz CT molecular complexity index is 766. The fourth-order valence-electron chi connectivity index (χ4n) is 4.06. The molecule has 2 heterocycles. The Kier molecular flexibility index (Phi) is 7.54. The van der Waals surface area contributed by atoms with Crippen LogP contribution in [0.25, 0.3) is 0 Å². The monoisotopic (exact) mass is 423 g/mol. The van der Waals surface area contributed by atoms with Crippen molar-refractivity contribution < 1.29 is 17.9 Å². The maximum Gasteiger partial charge on any atom is 0.225 e. The summed E-state index contributed by atoms with van der Waals surface area (Å²) in [4.78, 5) is 17.2. The van der Waals surface area contributed by atoms with Crippen LogP contribution in [0.15, 0.2) is 24.3 Å². The number of carbonyl (C=O) groups is 1. The molecular formula is C21H33N3O4S. The van der Waals surface area contributed by atoms with Gasteiger partial charge in [0.25, 0.3) is 0 Å². The largest absolute Gasteiger partial charge is 0.494 e. The Morgan fingerprint density at radius 2 is 1.62 bits per heavy atom. The number of nitrogens with zero attached hydrogens (tertiary/aromatic N) is 3. The molecule has 2 saturated heterocycles. The third-order valence-corrected chi connectivity index (χ3v) is 7.77. The number of benzene rings is 1. The standard InChI is InChI=1S/C21H33N3O4S/c1-3-28-20-7-5-18(6-8-20)17-22-13-15-23(16-14-22)21(25)19-9-11-24(12-10-19)29(26,27)4-2/h5-8,19H,3-4,9-17H2,1-2H3. The molecule has 3 rings (SSSR count). The van der Waals surface area contributed by atoms with Crippen LogP contribution in [0.2, 0.25) is 0 Å². The number of piperidine rings is 1. The zero-order valence-corrected chi connectivity index (χ0v) is 18.4. The number of sulfonamides is 1. The van der Waals surface area contributed by atoms with Crippen molar-refractivity contribution in [2.45, 2.75) is 33.2 Å². The van der Waals surface area contributed by atoms with Crippen LogP contribution in [0.4, 0.5) is 0 Å². The molecular weight excluding hydrogens is 390 g/mol. The van der Waals surface area contributed by atoms with E-state index < -0.39 is 10.0 Å². The van der Waals surface area contributed by atoms with Crippen molar-refractivity contribution >= 4 is 15.9 Å². The van der Waals surface area contributed by atoms with Gasteiger partial charge in [0.2, 0.25) is 15.9 Å². The summed E-state index contributed by atoms with van der Waals surface area (Å²) in [6.45, 7) is 9.32. The van der Waals surface area contributed by atoms with Crippen molar-refractivity contribution in [1.29, 1.82) is 0 Å². The highest BCUT2D eigenvalue weighted by molar-refractivity contribution is 7.89. The predicted octanol–water partition coefficient (Wildman–Crippen LogP) is 1.79. The van der Waals surface area contributed by atoms with E-state index in [4.69, 9.17) is 4.74 Å². The van der Waals surface area contributed by atoms with Crippen LogP contribution in [-0.2, 0) is 21.4 Å². The lowest BCUT2D eigenvalue weighted by Gasteiger charge is -2.38. The normalized spacial score (nSPS) is 20.0. The highest BCUT2D eigenvalue weighted by Crippen LogP contribution is 2.23. The van der Waals surface area contributed by atoms with Gasteiger partial charge in [-0.3, -0.25) is 9.69 Å². The molecule has 0 N–H and O–H groups in total. The lowest BCUT2D eigenvalue weighted by Crippen LogP contribution is -2.51. The minimum Gasteiger partial charge on any atom is -0.494 e. The van der Waals surface area contributed by atoms with Crippen molar-refractivity contribution in [3.63, 3.8) is 0 Å². The third-order valence-electron chi connectivity index (χ3n) is 5.89. The Labute approximate surface area is 174 Å². The van der Waals surface area contributed by atoms with Crippen LogP contribution < -0.4 is 4.74 Å². The van der Waals surface area contributed by atoms with Gasteiger partial charge in [-0.25, -0.2) is 12.7 Å². The summed E-state index contributed by atoms with van der Waals surface area (Å²) < 4.78 is 31.0. The highest BCUT2D eigenvalue weighted by atomic mass is 32.2. The predicted molar refractivity (Wildman–Crippen MR) is 113 cm³/mol. The molecule has 0 aromatic heterocycles. The molecule has 1 amide bonds. The number of hydrogen-bond donors (Lipinski definition) is 0. The van der Waals surface area contributed by atoms with Gasteiger partial charge in [-0.05, 0) is 44.4 Å². The Morgan fingerprint density at radius 1 is 1.00 bits per heavy atom. The van der Waals surface area contributed by atoms with E-state index in [2.05, 4.69) is 17.0 Å². The minimum absolute atomic E-state index is 0.0454. The quantitative estimate of drug-likeness (QED) is 0.669. The van der Waals surface area contributed by atoms with E-state index in [0.29, 0.717) is 32.5 Å². The van der Waals surface area contributed by atoms with Gasteiger partial charge in [-0.15, -0.1) is 0 Å². The summed E-state index contributed by atoms with van der Waals surface area (Å²) in [6, 6.07) is 8.20. The first-order valence-corrected chi connectivity index (χ1v) is 12.2. The van der Waals surface area contributed by atoms with Crippen LogP contribution in [0.5, 0.6) is 5.75 Å². The van der Waals surface area contributed by atoms with Gasteiger partial charge in [-0.2, -0.15) is 0 Å². The van der Waals surface area contributed by atoms with E-state index in [-0.39, 0.29) is 17.6 Å². The Balaban J connectivity index is 1.44. The van der Waals surface area contributed by atoms with Crippen LogP contribution in [0.3, 0.4) is 0 Å². The summed E-state index contributed by atoms with van der Waals surface area (Å²) >= 11 is 0. The number of piperazine rings is 1. The molecule has 2 aliphatic rings. The minimum atomic E-state index is -3.14. The summed E-state index contributed by atoms with van der Waals surface area (Å²) in [5.74, 6) is 1.17. The van der Waals surface area contributed by atoms with E-state index in [1.165, 1.54) is 9.87 Å².